The third-order valence-electron chi connectivity index (χ3n) is 3.57. The van der Waals surface area contributed by atoms with Crippen LogP contribution in [-0.2, 0) is 18.3 Å². The van der Waals surface area contributed by atoms with Crippen LogP contribution in [0.5, 0.6) is 0 Å². The molecular weight excluding hydrogens is 276 g/mol. The number of nitrogens with zero attached hydrogens (tertiary/aromatic N) is 1. The Morgan fingerprint density at radius 2 is 1.82 bits per heavy atom. The molecule has 116 valence electrons. The van der Waals surface area contributed by atoms with E-state index in [1.807, 2.05) is 56.7 Å². The molecule has 0 radical (unpaired) electrons. The number of aromatic nitrogens is 1. The van der Waals surface area contributed by atoms with Crippen molar-refractivity contribution in [2.75, 3.05) is 0 Å². The molecule has 0 aliphatic heterocycles. The van der Waals surface area contributed by atoms with Crippen molar-refractivity contribution in [3.63, 3.8) is 0 Å². The molecule has 0 atom stereocenters. The van der Waals surface area contributed by atoms with Gasteiger partial charge < -0.3 is 9.88 Å². The lowest BCUT2D eigenvalue weighted by atomic mass is 10.1. The Kier molecular flexibility index (Phi) is 4.81. The summed E-state index contributed by atoms with van der Waals surface area (Å²) in [6.07, 6.45) is 0.275. The number of carbonyl (C=O) groups excluding carboxylic acids is 2. The van der Waals surface area contributed by atoms with Gasteiger partial charge in [0.1, 0.15) is 0 Å². The smallest absolute Gasteiger partial charge is 0.226 e. The first-order valence-electron chi connectivity index (χ1n) is 7.44. The largest absolute Gasteiger partial charge is 0.354 e. The third kappa shape index (κ3) is 3.45. The predicted molar refractivity (Wildman–Crippen MR) is 87.0 cm³/mol. The maximum atomic E-state index is 12.6. The summed E-state index contributed by atoms with van der Waals surface area (Å²) in [5, 5.41) is 2.87. The van der Waals surface area contributed by atoms with E-state index in [1.54, 1.807) is 12.1 Å². The minimum atomic E-state index is -0.0330. The fourth-order valence-corrected chi connectivity index (χ4v) is 2.59. The standard InChI is InChI=1S/C18H22N2O2/c1-12(2)19-16(21)11-15-10-13(3)17(20(15)4)18(22)14-8-6-5-7-9-14/h5-10,12H,11H2,1-4H3,(H,19,21). The van der Waals surface area contributed by atoms with Crippen molar-refractivity contribution < 1.29 is 9.59 Å². The van der Waals surface area contributed by atoms with Gasteiger partial charge in [-0.1, -0.05) is 30.3 Å². The second-order valence-corrected chi connectivity index (χ2v) is 5.82. The van der Waals surface area contributed by atoms with E-state index in [0.29, 0.717) is 11.3 Å². The van der Waals surface area contributed by atoms with Crippen molar-refractivity contribution in [1.29, 1.82) is 0 Å². The molecule has 0 saturated carbocycles. The summed E-state index contributed by atoms with van der Waals surface area (Å²) >= 11 is 0. The van der Waals surface area contributed by atoms with Crippen molar-refractivity contribution >= 4 is 11.7 Å². The van der Waals surface area contributed by atoms with Crippen molar-refractivity contribution in [1.82, 2.24) is 9.88 Å². The molecule has 1 heterocycles. The first kappa shape index (κ1) is 16.0. The Balaban J connectivity index is 2.28. The van der Waals surface area contributed by atoms with Gasteiger partial charge in [0.25, 0.3) is 0 Å². The topological polar surface area (TPSA) is 51.1 Å². The Morgan fingerprint density at radius 1 is 1.18 bits per heavy atom. The maximum absolute atomic E-state index is 12.6. The van der Waals surface area contributed by atoms with E-state index in [0.717, 1.165) is 11.3 Å². The summed E-state index contributed by atoms with van der Waals surface area (Å²) in [5.74, 6) is -0.0505. The number of nitrogens with one attached hydrogen (secondary N) is 1. The zero-order valence-corrected chi connectivity index (χ0v) is 13.5. The molecule has 0 aliphatic rings. The van der Waals surface area contributed by atoms with Crippen LogP contribution in [0.25, 0.3) is 0 Å². The lowest BCUT2D eigenvalue weighted by molar-refractivity contribution is -0.121. The number of rotatable bonds is 5. The molecule has 1 aromatic carbocycles. The van der Waals surface area contributed by atoms with Crippen molar-refractivity contribution in [3.8, 4) is 0 Å². The van der Waals surface area contributed by atoms with Crippen LogP contribution in [0.2, 0.25) is 0 Å². The van der Waals surface area contributed by atoms with Gasteiger partial charge in [-0.2, -0.15) is 0 Å². The fourth-order valence-electron chi connectivity index (χ4n) is 2.59. The summed E-state index contributed by atoms with van der Waals surface area (Å²) in [7, 11) is 1.83. The summed E-state index contributed by atoms with van der Waals surface area (Å²) in [6.45, 7) is 5.76. The molecule has 0 saturated heterocycles. The van der Waals surface area contributed by atoms with Crippen LogP contribution in [0, 0.1) is 6.92 Å². The molecule has 1 aromatic heterocycles. The molecule has 0 spiro atoms. The van der Waals surface area contributed by atoms with Crippen LogP contribution in [0.15, 0.2) is 36.4 Å². The Morgan fingerprint density at radius 3 is 2.41 bits per heavy atom. The first-order chi connectivity index (χ1) is 10.4. The number of hydrogen-bond donors (Lipinski definition) is 1. The van der Waals surface area contributed by atoms with E-state index in [1.165, 1.54) is 0 Å². The Labute approximate surface area is 131 Å². The van der Waals surface area contributed by atoms with Gasteiger partial charge in [0.2, 0.25) is 11.7 Å². The van der Waals surface area contributed by atoms with Gasteiger partial charge in [-0.25, -0.2) is 0 Å². The molecular formula is C18H22N2O2. The summed E-state index contributed by atoms with van der Waals surface area (Å²) in [4.78, 5) is 24.6. The zero-order chi connectivity index (χ0) is 16.3. The highest BCUT2D eigenvalue weighted by atomic mass is 16.1. The summed E-state index contributed by atoms with van der Waals surface area (Å²) in [5.41, 5.74) is 3.03. The highest BCUT2D eigenvalue weighted by molar-refractivity contribution is 6.09. The number of ketones is 1. The molecule has 1 amide bonds. The molecule has 4 heteroatoms. The summed E-state index contributed by atoms with van der Waals surface area (Å²) < 4.78 is 1.82. The molecule has 2 rings (SSSR count). The lowest BCUT2D eigenvalue weighted by Crippen LogP contribution is -2.31. The van der Waals surface area contributed by atoms with Crippen LogP contribution in [0.1, 0.15) is 41.2 Å². The van der Waals surface area contributed by atoms with E-state index < -0.39 is 0 Å². The molecule has 4 nitrogen and oxygen atoms in total. The van der Waals surface area contributed by atoms with E-state index in [-0.39, 0.29) is 24.2 Å². The van der Waals surface area contributed by atoms with Crippen molar-refractivity contribution in [2.24, 2.45) is 7.05 Å². The van der Waals surface area contributed by atoms with Crippen LogP contribution in [-0.4, -0.2) is 22.3 Å². The van der Waals surface area contributed by atoms with E-state index in [2.05, 4.69) is 5.32 Å². The molecule has 22 heavy (non-hydrogen) atoms. The second kappa shape index (κ2) is 6.60. The van der Waals surface area contributed by atoms with Crippen LogP contribution >= 0.6 is 0 Å². The van der Waals surface area contributed by atoms with Gasteiger partial charge in [0, 0.05) is 24.3 Å². The average molecular weight is 298 g/mol. The number of amides is 1. The van der Waals surface area contributed by atoms with Crippen molar-refractivity contribution in [3.05, 3.63) is 58.9 Å². The molecule has 0 aliphatic carbocycles. The first-order valence-corrected chi connectivity index (χ1v) is 7.44. The van der Waals surface area contributed by atoms with E-state index >= 15 is 0 Å². The highest BCUT2D eigenvalue weighted by Gasteiger charge is 2.19. The Bertz CT molecular complexity index is 685. The predicted octanol–water partition coefficient (Wildman–Crippen LogP) is 2.63. The van der Waals surface area contributed by atoms with Gasteiger partial charge in [-0.15, -0.1) is 0 Å². The van der Waals surface area contributed by atoms with E-state index in [4.69, 9.17) is 0 Å². The SMILES string of the molecule is Cc1cc(CC(=O)NC(C)C)n(C)c1C(=O)c1ccccc1. The quantitative estimate of drug-likeness (QED) is 0.863. The van der Waals surface area contributed by atoms with Gasteiger partial charge in [-0.3, -0.25) is 9.59 Å². The lowest BCUT2D eigenvalue weighted by Gasteiger charge is -2.10. The number of carbonyl (C=O) groups is 2. The molecule has 1 N–H and O–H groups in total. The van der Waals surface area contributed by atoms with Crippen molar-refractivity contribution in [2.45, 2.75) is 33.2 Å². The number of aryl methyl sites for hydroxylation is 1. The van der Waals surface area contributed by atoms with Crippen LogP contribution in [0.3, 0.4) is 0 Å². The molecule has 0 bridgehead atoms. The van der Waals surface area contributed by atoms with Gasteiger partial charge in [-0.05, 0) is 32.4 Å². The third-order valence-corrected chi connectivity index (χ3v) is 3.57. The molecule has 0 unspecified atom stereocenters. The fraction of sp³-hybridized carbons (Fsp3) is 0.333. The normalized spacial score (nSPS) is 10.8. The average Bonchev–Trinajstić information content (AvgIpc) is 2.72. The highest BCUT2D eigenvalue weighted by Crippen LogP contribution is 2.18. The Hall–Kier alpha value is -2.36. The zero-order valence-electron chi connectivity index (χ0n) is 13.5. The molecule has 2 aromatic rings. The minimum Gasteiger partial charge on any atom is -0.354 e. The number of hydrogen-bond acceptors (Lipinski definition) is 2. The monoisotopic (exact) mass is 298 g/mol. The molecule has 0 fully saturated rings. The van der Waals surface area contributed by atoms with Gasteiger partial charge in [0.15, 0.2) is 0 Å². The maximum Gasteiger partial charge on any atom is 0.226 e. The second-order valence-electron chi connectivity index (χ2n) is 5.82. The van der Waals surface area contributed by atoms with Gasteiger partial charge in [0.05, 0.1) is 12.1 Å². The number of benzene rings is 1. The van der Waals surface area contributed by atoms with E-state index in [9.17, 15) is 9.59 Å². The van der Waals surface area contributed by atoms with Crippen LogP contribution in [0.4, 0.5) is 0 Å². The summed E-state index contributed by atoms with van der Waals surface area (Å²) in [6, 6.07) is 11.2. The van der Waals surface area contributed by atoms with Gasteiger partial charge >= 0.3 is 0 Å². The minimum absolute atomic E-state index is 0.0175. The van der Waals surface area contributed by atoms with Crippen LogP contribution < -0.4 is 5.32 Å².